The zero-order valence-corrected chi connectivity index (χ0v) is 12.5. The number of nitrogens with one attached hydrogen (secondary N) is 1. The van der Waals surface area contributed by atoms with Crippen LogP contribution in [0.3, 0.4) is 0 Å². The van der Waals surface area contributed by atoms with Gasteiger partial charge < -0.3 is 9.72 Å². The molecule has 1 aromatic carbocycles. The van der Waals surface area contributed by atoms with E-state index >= 15 is 0 Å². The van der Waals surface area contributed by atoms with Crippen molar-refractivity contribution in [2.24, 2.45) is 5.92 Å². The Morgan fingerprint density at radius 1 is 1.30 bits per heavy atom. The van der Waals surface area contributed by atoms with Gasteiger partial charge in [-0.3, -0.25) is 0 Å². The quantitative estimate of drug-likeness (QED) is 0.746. The molecule has 0 bridgehead atoms. The van der Waals surface area contributed by atoms with Crippen molar-refractivity contribution in [3.8, 4) is 5.75 Å². The molecule has 2 aromatic heterocycles. The number of H-pyrrole nitrogens is 1. The summed E-state index contributed by atoms with van der Waals surface area (Å²) in [6.45, 7) is 4.35. The molecule has 20 heavy (non-hydrogen) atoms. The minimum absolute atomic E-state index is 0.603. The Morgan fingerprint density at radius 3 is 2.90 bits per heavy atom. The molecule has 5 nitrogen and oxygen atoms in total. The van der Waals surface area contributed by atoms with Crippen molar-refractivity contribution in [2.45, 2.75) is 19.0 Å². The first-order chi connectivity index (χ1) is 9.67. The number of aromatic nitrogens is 4. The molecule has 104 valence electrons. The van der Waals surface area contributed by atoms with E-state index in [4.69, 9.17) is 4.74 Å². The van der Waals surface area contributed by atoms with Gasteiger partial charge in [0.25, 0.3) is 0 Å². The topological polar surface area (TPSA) is 63.7 Å². The van der Waals surface area contributed by atoms with Crippen molar-refractivity contribution >= 4 is 33.8 Å². The summed E-state index contributed by atoms with van der Waals surface area (Å²) in [5.74, 6) is 2.39. The number of hydrogen-bond donors (Lipinski definition) is 1. The van der Waals surface area contributed by atoms with Gasteiger partial charge in [-0.1, -0.05) is 25.6 Å². The molecule has 0 aliphatic carbocycles. The van der Waals surface area contributed by atoms with Crippen LogP contribution in [0.2, 0.25) is 0 Å². The van der Waals surface area contributed by atoms with E-state index < -0.39 is 0 Å². The number of aromatic amines is 1. The summed E-state index contributed by atoms with van der Waals surface area (Å²) in [4.78, 5) is 7.81. The molecule has 0 atom stereocenters. The molecule has 6 heteroatoms. The van der Waals surface area contributed by atoms with Gasteiger partial charge >= 0.3 is 0 Å². The van der Waals surface area contributed by atoms with Gasteiger partial charge in [-0.05, 0) is 24.1 Å². The lowest BCUT2D eigenvalue weighted by molar-refractivity contribution is 0.415. The highest BCUT2D eigenvalue weighted by atomic mass is 32.2. The highest BCUT2D eigenvalue weighted by Gasteiger charge is 2.10. The van der Waals surface area contributed by atoms with E-state index in [9.17, 15) is 0 Å². The zero-order chi connectivity index (χ0) is 14.1. The summed E-state index contributed by atoms with van der Waals surface area (Å²) in [7, 11) is 1.65. The molecule has 0 amide bonds. The van der Waals surface area contributed by atoms with Crippen LogP contribution in [-0.4, -0.2) is 33.0 Å². The Balaban J connectivity index is 2.04. The fourth-order valence-electron chi connectivity index (χ4n) is 1.96. The Kier molecular flexibility index (Phi) is 3.48. The summed E-state index contributed by atoms with van der Waals surface area (Å²) >= 11 is 1.63. The normalized spacial score (nSPS) is 11.6. The van der Waals surface area contributed by atoms with E-state index in [0.29, 0.717) is 11.1 Å². The molecule has 1 N–H and O–H groups in total. The summed E-state index contributed by atoms with van der Waals surface area (Å²) in [6, 6.07) is 5.84. The van der Waals surface area contributed by atoms with E-state index in [1.807, 2.05) is 18.2 Å². The lowest BCUT2D eigenvalue weighted by Crippen LogP contribution is -1.95. The summed E-state index contributed by atoms with van der Waals surface area (Å²) in [6.07, 6.45) is 0. The second kappa shape index (κ2) is 5.28. The number of hydrogen-bond acceptors (Lipinski definition) is 5. The van der Waals surface area contributed by atoms with E-state index in [-0.39, 0.29) is 0 Å². The first kappa shape index (κ1) is 13.2. The molecular formula is C14H16N4OS. The maximum Gasteiger partial charge on any atom is 0.211 e. The van der Waals surface area contributed by atoms with Crippen LogP contribution in [0.1, 0.15) is 13.8 Å². The highest BCUT2D eigenvalue weighted by Crippen LogP contribution is 2.27. The zero-order valence-electron chi connectivity index (χ0n) is 11.7. The molecule has 0 saturated carbocycles. The van der Waals surface area contributed by atoms with Gasteiger partial charge in [0.05, 0.1) is 7.11 Å². The van der Waals surface area contributed by atoms with Gasteiger partial charge in [0.1, 0.15) is 11.3 Å². The predicted molar refractivity (Wildman–Crippen MR) is 81.3 cm³/mol. The Labute approximate surface area is 121 Å². The van der Waals surface area contributed by atoms with Gasteiger partial charge in [0.15, 0.2) is 5.65 Å². The van der Waals surface area contributed by atoms with Crippen LogP contribution >= 0.6 is 11.8 Å². The minimum Gasteiger partial charge on any atom is -0.497 e. The largest absolute Gasteiger partial charge is 0.497 e. The molecule has 2 heterocycles. The Bertz CT molecular complexity index is 753. The van der Waals surface area contributed by atoms with Crippen molar-refractivity contribution in [3.63, 3.8) is 0 Å². The van der Waals surface area contributed by atoms with Crippen LogP contribution in [0.25, 0.3) is 22.1 Å². The predicted octanol–water partition coefficient (Wildman–Crippen LogP) is 3.26. The standard InChI is InChI=1S/C14H16N4OS/c1-8(2)7-20-14-16-13-12(17-18-14)10-6-9(19-3)4-5-11(10)15-13/h4-6,8H,7H2,1-3H3,(H,15,16,18). The first-order valence-electron chi connectivity index (χ1n) is 6.50. The molecule has 3 aromatic rings. The average Bonchev–Trinajstić information content (AvgIpc) is 2.81. The van der Waals surface area contributed by atoms with Crippen LogP contribution in [0.15, 0.2) is 23.4 Å². The lowest BCUT2D eigenvalue weighted by atomic mass is 10.2. The number of benzene rings is 1. The molecule has 0 unspecified atom stereocenters. The van der Waals surface area contributed by atoms with E-state index in [1.165, 1.54) is 0 Å². The van der Waals surface area contributed by atoms with Crippen molar-refractivity contribution in [2.75, 3.05) is 12.9 Å². The molecule has 0 spiro atoms. The monoisotopic (exact) mass is 288 g/mol. The lowest BCUT2D eigenvalue weighted by Gasteiger charge is -2.01. The van der Waals surface area contributed by atoms with E-state index in [2.05, 4.69) is 34.0 Å². The third-order valence-corrected chi connectivity index (χ3v) is 4.21. The number of methoxy groups -OCH3 is 1. The number of ether oxygens (including phenoxy) is 1. The average molecular weight is 288 g/mol. The molecule has 3 rings (SSSR count). The van der Waals surface area contributed by atoms with Gasteiger partial charge in [-0.25, -0.2) is 4.98 Å². The van der Waals surface area contributed by atoms with Crippen LogP contribution in [0.4, 0.5) is 0 Å². The first-order valence-corrected chi connectivity index (χ1v) is 7.49. The summed E-state index contributed by atoms with van der Waals surface area (Å²) < 4.78 is 5.24. The molecule has 0 radical (unpaired) electrons. The maximum absolute atomic E-state index is 5.24. The molecule has 0 aliphatic heterocycles. The minimum atomic E-state index is 0.603. The number of thioether (sulfide) groups is 1. The fraction of sp³-hybridized carbons (Fsp3) is 0.357. The second-order valence-corrected chi connectivity index (χ2v) is 6.02. The molecular weight excluding hydrogens is 272 g/mol. The van der Waals surface area contributed by atoms with Crippen LogP contribution in [0, 0.1) is 5.92 Å². The van der Waals surface area contributed by atoms with Gasteiger partial charge in [0.2, 0.25) is 5.16 Å². The van der Waals surface area contributed by atoms with E-state index in [1.54, 1.807) is 18.9 Å². The van der Waals surface area contributed by atoms with Gasteiger partial charge in [-0.2, -0.15) is 0 Å². The molecule has 0 aliphatic rings. The van der Waals surface area contributed by atoms with E-state index in [0.717, 1.165) is 33.6 Å². The van der Waals surface area contributed by atoms with Crippen molar-refractivity contribution in [1.82, 2.24) is 20.2 Å². The Morgan fingerprint density at radius 2 is 2.15 bits per heavy atom. The fourth-order valence-corrected chi connectivity index (χ4v) is 2.70. The maximum atomic E-state index is 5.24. The number of rotatable bonds is 4. The Hall–Kier alpha value is -1.82. The molecule has 0 saturated heterocycles. The van der Waals surface area contributed by atoms with Crippen LogP contribution < -0.4 is 4.74 Å². The summed E-state index contributed by atoms with van der Waals surface area (Å²) in [5, 5.41) is 10.2. The number of nitrogens with zero attached hydrogens (tertiary/aromatic N) is 3. The van der Waals surface area contributed by atoms with Gasteiger partial charge in [0, 0.05) is 16.7 Å². The van der Waals surface area contributed by atoms with Crippen molar-refractivity contribution in [3.05, 3.63) is 18.2 Å². The van der Waals surface area contributed by atoms with Crippen molar-refractivity contribution < 1.29 is 4.74 Å². The van der Waals surface area contributed by atoms with Crippen LogP contribution in [0.5, 0.6) is 5.75 Å². The summed E-state index contributed by atoms with van der Waals surface area (Å²) in [5.41, 5.74) is 2.55. The second-order valence-electron chi connectivity index (χ2n) is 5.03. The third-order valence-electron chi connectivity index (χ3n) is 2.95. The number of fused-ring (bicyclic) bond motifs is 3. The molecule has 0 fully saturated rings. The smallest absolute Gasteiger partial charge is 0.211 e. The highest BCUT2D eigenvalue weighted by molar-refractivity contribution is 7.99. The van der Waals surface area contributed by atoms with Gasteiger partial charge in [-0.15, -0.1) is 10.2 Å². The third kappa shape index (κ3) is 2.43. The van der Waals surface area contributed by atoms with Crippen LogP contribution in [-0.2, 0) is 0 Å². The van der Waals surface area contributed by atoms with Crippen molar-refractivity contribution in [1.29, 1.82) is 0 Å². The SMILES string of the molecule is COc1ccc2[nH]c3nc(SCC(C)C)nnc3c2c1.